The molecule has 4 N–H and O–H groups in total. The van der Waals surface area contributed by atoms with E-state index in [1.165, 1.54) is 6.20 Å². The summed E-state index contributed by atoms with van der Waals surface area (Å²) in [4.78, 5) is 18.0. The lowest BCUT2D eigenvalue weighted by Crippen LogP contribution is -2.39. The first-order valence-electron chi connectivity index (χ1n) is 10.1. The molecule has 9 nitrogen and oxygen atoms in total. The van der Waals surface area contributed by atoms with Gasteiger partial charge in [0.15, 0.2) is 6.19 Å². The first-order chi connectivity index (χ1) is 15.4. The second-order valence-electron chi connectivity index (χ2n) is 7.69. The van der Waals surface area contributed by atoms with E-state index in [4.69, 9.17) is 27.8 Å². The topological polar surface area (TPSA) is 136 Å². The summed E-state index contributed by atoms with van der Waals surface area (Å²) in [5, 5.41) is 14.5. The molecule has 1 amide bonds. The Morgan fingerprint density at radius 1 is 1.25 bits per heavy atom. The minimum absolute atomic E-state index is 0.128. The number of rotatable bonds is 5. The summed E-state index contributed by atoms with van der Waals surface area (Å²) < 4.78 is 7.33. The Kier molecular flexibility index (Phi) is 5.88. The van der Waals surface area contributed by atoms with Gasteiger partial charge in [-0.15, -0.1) is 0 Å². The van der Waals surface area contributed by atoms with E-state index in [2.05, 4.69) is 16.3 Å². The summed E-state index contributed by atoms with van der Waals surface area (Å²) in [6, 6.07) is 10.4. The average molecular weight is 452 g/mol. The zero-order valence-electron chi connectivity index (χ0n) is 17.4. The molecule has 1 fully saturated rings. The van der Waals surface area contributed by atoms with Crippen molar-refractivity contribution in [1.29, 1.82) is 5.26 Å². The minimum atomic E-state index is -0.657. The van der Waals surface area contributed by atoms with Crippen molar-refractivity contribution in [1.82, 2.24) is 19.7 Å². The van der Waals surface area contributed by atoms with Crippen LogP contribution in [0.15, 0.2) is 42.6 Å². The molecule has 0 aliphatic carbocycles. The van der Waals surface area contributed by atoms with Crippen molar-refractivity contribution in [2.45, 2.75) is 31.8 Å². The van der Waals surface area contributed by atoms with Crippen molar-refractivity contribution < 1.29 is 9.53 Å². The van der Waals surface area contributed by atoms with Crippen LogP contribution in [-0.4, -0.2) is 38.2 Å². The molecule has 0 radical (unpaired) electrons. The van der Waals surface area contributed by atoms with Gasteiger partial charge < -0.3 is 21.1 Å². The first kappa shape index (κ1) is 21.5. The molecule has 32 heavy (non-hydrogen) atoms. The van der Waals surface area contributed by atoms with Crippen molar-refractivity contribution >= 4 is 23.3 Å². The number of anilines is 1. The van der Waals surface area contributed by atoms with Crippen LogP contribution in [0.2, 0.25) is 5.02 Å². The smallest absolute Gasteiger partial charge is 0.254 e. The summed E-state index contributed by atoms with van der Waals surface area (Å²) in [6.45, 7) is 2.48. The van der Waals surface area contributed by atoms with E-state index in [0.717, 1.165) is 12.8 Å². The van der Waals surface area contributed by atoms with Crippen LogP contribution in [0.25, 0.3) is 11.3 Å². The fourth-order valence-electron chi connectivity index (χ4n) is 3.82. The standard InChI is InChI=1S/C22H22ClN7O2/c1-13-2-6-16(11-29(13)12-24)30-21(25)19(22(26)31)20(28-30)14-3-7-17(8-4-14)32-18-9-5-15(23)10-27-18/h3-5,7-10,13,16H,2,6,11,25H2,1H3,(H2,26,31)/t13-,16-/m1/s1. The number of pyridine rings is 1. The number of aromatic nitrogens is 3. The summed E-state index contributed by atoms with van der Waals surface area (Å²) in [5.74, 6) is 0.510. The van der Waals surface area contributed by atoms with E-state index in [-0.39, 0.29) is 23.5 Å². The van der Waals surface area contributed by atoms with Gasteiger partial charge in [-0.3, -0.25) is 4.79 Å². The van der Waals surface area contributed by atoms with E-state index < -0.39 is 5.91 Å². The first-order valence-corrected chi connectivity index (χ1v) is 10.5. The monoisotopic (exact) mass is 451 g/mol. The molecule has 1 aliphatic rings. The number of halogens is 1. The second kappa shape index (κ2) is 8.77. The van der Waals surface area contributed by atoms with Crippen LogP contribution in [0, 0.1) is 11.5 Å². The number of amides is 1. The van der Waals surface area contributed by atoms with E-state index in [1.807, 2.05) is 6.92 Å². The Hall–Kier alpha value is -3.77. The van der Waals surface area contributed by atoms with Gasteiger partial charge in [0.2, 0.25) is 5.88 Å². The van der Waals surface area contributed by atoms with E-state index in [9.17, 15) is 10.1 Å². The summed E-state index contributed by atoms with van der Waals surface area (Å²) in [7, 11) is 0. The number of nitrogen functional groups attached to an aromatic ring is 1. The number of carbonyl (C=O) groups is 1. The molecule has 2 aromatic heterocycles. The molecular weight excluding hydrogens is 430 g/mol. The number of carbonyl (C=O) groups excluding carboxylic acids is 1. The fraction of sp³-hybridized carbons (Fsp3) is 0.273. The number of benzene rings is 1. The van der Waals surface area contributed by atoms with Gasteiger partial charge in [-0.25, -0.2) is 9.67 Å². The third kappa shape index (κ3) is 4.18. The molecule has 164 valence electrons. The third-order valence-corrected chi connectivity index (χ3v) is 5.80. The molecule has 2 atom stereocenters. The molecule has 10 heteroatoms. The number of nitrogens with zero attached hydrogens (tertiary/aromatic N) is 5. The molecule has 1 saturated heterocycles. The van der Waals surface area contributed by atoms with E-state index >= 15 is 0 Å². The molecule has 4 rings (SSSR count). The van der Waals surface area contributed by atoms with E-state index in [1.54, 1.807) is 46.0 Å². The van der Waals surface area contributed by atoms with Gasteiger partial charge in [-0.1, -0.05) is 11.6 Å². The van der Waals surface area contributed by atoms with Crippen molar-refractivity contribution in [3.8, 4) is 29.1 Å². The number of nitrogens with two attached hydrogens (primary N) is 2. The molecular formula is C22H22ClN7O2. The van der Waals surface area contributed by atoms with Gasteiger partial charge in [0.25, 0.3) is 5.91 Å². The lowest BCUT2D eigenvalue weighted by molar-refractivity contribution is 0.100. The highest BCUT2D eigenvalue weighted by Crippen LogP contribution is 2.34. The van der Waals surface area contributed by atoms with Crippen molar-refractivity contribution in [2.75, 3.05) is 12.3 Å². The number of hydrogen-bond donors (Lipinski definition) is 2. The molecule has 0 saturated carbocycles. The highest BCUT2D eigenvalue weighted by Gasteiger charge is 2.30. The summed E-state index contributed by atoms with van der Waals surface area (Å²) >= 11 is 5.84. The van der Waals surface area contributed by atoms with Crippen LogP contribution in [-0.2, 0) is 0 Å². The normalized spacial score (nSPS) is 18.2. The maximum absolute atomic E-state index is 12.2. The number of hydrogen-bond acceptors (Lipinski definition) is 7. The van der Waals surface area contributed by atoms with Crippen LogP contribution in [0.3, 0.4) is 0 Å². The fourth-order valence-corrected chi connectivity index (χ4v) is 3.93. The van der Waals surface area contributed by atoms with Crippen LogP contribution >= 0.6 is 11.6 Å². The molecule has 0 bridgehead atoms. The average Bonchev–Trinajstić information content (AvgIpc) is 3.13. The van der Waals surface area contributed by atoms with Crippen LogP contribution in [0.1, 0.15) is 36.2 Å². The van der Waals surface area contributed by atoms with Crippen LogP contribution in [0.4, 0.5) is 5.82 Å². The highest BCUT2D eigenvalue weighted by molar-refractivity contribution is 6.30. The Morgan fingerprint density at radius 2 is 2.00 bits per heavy atom. The molecule has 3 aromatic rings. The third-order valence-electron chi connectivity index (χ3n) is 5.58. The lowest BCUT2D eigenvalue weighted by atomic mass is 10.00. The Labute approximate surface area is 190 Å². The van der Waals surface area contributed by atoms with Gasteiger partial charge >= 0.3 is 0 Å². The number of nitriles is 1. The quantitative estimate of drug-likeness (QED) is 0.565. The van der Waals surface area contributed by atoms with Crippen LogP contribution in [0.5, 0.6) is 11.6 Å². The Bertz CT molecular complexity index is 1170. The summed E-state index contributed by atoms with van der Waals surface area (Å²) in [6.07, 6.45) is 5.33. The summed E-state index contributed by atoms with van der Waals surface area (Å²) in [5.41, 5.74) is 13.2. The number of ether oxygens (including phenoxy) is 1. The molecule has 0 unspecified atom stereocenters. The number of primary amides is 1. The largest absolute Gasteiger partial charge is 0.439 e. The lowest BCUT2D eigenvalue weighted by Gasteiger charge is -2.34. The predicted molar refractivity (Wildman–Crippen MR) is 120 cm³/mol. The van der Waals surface area contributed by atoms with Crippen LogP contribution < -0.4 is 16.2 Å². The molecule has 0 spiro atoms. The molecule has 1 aromatic carbocycles. The Morgan fingerprint density at radius 3 is 2.62 bits per heavy atom. The molecule has 1 aliphatic heterocycles. The second-order valence-corrected chi connectivity index (χ2v) is 8.13. The predicted octanol–water partition coefficient (Wildman–Crippen LogP) is 3.58. The zero-order chi connectivity index (χ0) is 22.8. The van der Waals surface area contributed by atoms with Gasteiger partial charge in [0, 0.05) is 23.9 Å². The number of piperidine rings is 1. The zero-order valence-corrected chi connectivity index (χ0v) is 18.2. The SMILES string of the molecule is C[C@@H]1CC[C@@H](n2nc(-c3ccc(Oc4ccc(Cl)cn4)cc3)c(C(N)=O)c2N)CN1C#N. The van der Waals surface area contributed by atoms with Gasteiger partial charge in [0.05, 0.1) is 17.6 Å². The Balaban J connectivity index is 1.63. The maximum atomic E-state index is 12.2. The van der Waals surface area contributed by atoms with Crippen molar-refractivity contribution in [3.05, 3.63) is 53.2 Å². The van der Waals surface area contributed by atoms with E-state index in [0.29, 0.717) is 34.5 Å². The van der Waals surface area contributed by atoms with Gasteiger partial charge in [-0.05, 0) is 50.1 Å². The minimum Gasteiger partial charge on any atom is -0.439 e. The highest BCUT2D eigenvalue weighted by atomic mass is 35.5. The van der Waals surface area contributed by atoms with Gasteiger partial charge in [-0.2, -0.15) is 10.4 Å². The van der Waals surface area contributed by atoms with Crippen molar-refractivity contribution in [2.24, 2.45) is 5.73 Å². The number of likely N-dealkylation sites (tertiary alicyclic amines) is 1. The van der Waals surface area contributed by atoms with Crippen molar-refractivity contribution in [3.63, 3.8) is 0 Å². The molecule has 3 heterocycles. The maximum Gasteiger partial charge on any atom is 0.254 e. The van der Waals surface area contributed by atoms with Gasteiger partial charge in [0.1, 0.15) is 22.8 Å².